The summed E-state index contributed by atoms with van der Waals surface area (Å²) in [5.74, 6) is 0.0293. The molecule has 0 spiro atoms. The molecule has 2 aromatic carbocycles. The maximum Gasteiger partial charge on any atom is 0.140 e. The predicted molar refractivity (Wildman–Crippen MR) is 122 cm³/mol. The number of hydrogen-bond donors (Lipinski definition) is 1. The van der Waals surface area contributed by atoms with Crippen molar-refractivity contribution < 1.29 is 9.90 Å². The Morgan fingerprint density at radius 2 is 1.63 bits per heavy atom. The molecule has 0 fully saturated rings. The summed E-state index contributed by atoms with van der Waals surface area (Å²) in [6, 6.07) is 20.4. The Morgan fingerprint density at radius 1 is 1.00 bits per heavy atom. The number of benzene rings is 2. The second-order valence-electron chi connectivity index (χ2n) is 9.12. The summed E-state index contributed by atoms with van der Waals surface area (Å²) in [6.07, 6.45) is 6.59. The lowest BCUT2D eigenvalue weighted by Crippen LogP contribution is -2.51. The quantitative estimate of drug-likeness (QED) is 0.556. The van der Waals surface area contributed by atoms with Crippen LogP contribution in [0.1, 0.15) is 75.8 Å². The van der Waals surface area contributed by atoms with Crippen LogP contribution in [-0.4, -0.2) is 10.9 Å². The lowest BCUT2D eigenvalue weighted by Gasteiger charge is -2.51. The standard InChI is InChI=1S/C28H34O2/c1-3-4-19-25(29)27-26(21-13-7-5-8-14-21)20(2)23-17-11-12-18-24(23)28(27,30)22-15-9-6-10-16-22/h5-10,13-16,20,26-27,30H,3-4,11-12,17-19H2,1-2H3/t20-,26-,27-,28+/m1/s1. The molecule has 2 aliphatic carbocycles. The Labute approximate surface area is 181 Å². The van der Waals surface area contributed by atoms with Crippen molar-refractivity contribution in [2.75, 3.05) is 0 Å². The Hall–Kier alpha value is -2.19. The minimum absolute atomic E-state index is 0.00221. The third-order valence-electron chi connectivity index (χ3n) is 7.39. The largest absolute Gasteiger partial charge is 0.380 e. The summed E-state index contributed by atoms with van der Waals surface area (Å²) in [5, 5.41) is 12.5. The molecule has 2 heteroatoms. The van der Waals surface area contributed by atoms with E-state index in [-0.39, 0.29) is 17.6 Å². The van der Waals surface area contributed by atoms with Crippen LogP contribution in [0.15, 0.2) is 71.8 Å². The van der Waals surface area contributed by atoms with E-state index in [0.717, 1.165) is 43.2 Å². The van der Waals surface area contributed by atoms with Gasteiger partial charge in [0, 0.05) is 12.3 Å². The SMILES string of the molecule is CCCCC(=O)[C@@H]1[C@@H](c2ccccc2)[C@H](C)C2=C(CCCC2)[C@@]1(O)c1ccccc1. The number of hydrogen-bond acceptors (Lipinski definition) is 2. The lowest BCUT2D eigenvalue weighted by molar-refractivity contribution is -0.135. The van der Waals surface area contributed by atoms with E-state index in [0.29, 0.717) is 6.42 Å². The highest BCUT2D eigenvalue weighted by molar-refractivity contribution is 5.85. The highest BCUT2D eigenvalue weighted by atomic mass is 16.3. The fraction of sp³-hybridized carbons (Fsp3) is 0.464. The van der Waals surface area contributed by atoms with Crippen molar-refractivity contribution in [3.63, 3.8) is 0 Å². The Morgan fingerprint density at radius 3 is 2.30 bits per heavy atom. The zero-order valence-corrected chi connectivity index (χ0v) is 18.3. The molecule has 0 saturated carbocycles. The van der Waals surface area contributed by atoms with E-state index in [2.05, 4.69) is 38.1 Å². The number of aliphatic hydroxyl groups is 1. The first-order chi connectivity index (χ1) is 14.6. The van der Waals surface area contributed by atoms with Gasteiger partial charge in [-0.1, -0.05) is 86.5 Å². The molecule has 158 valence electrons. The van der Waals surface area contributed by atoms with Crippen LogP contribution in [0.25, 0.3) is 0 Å². The van der Waals surface area contributed by atoms with Gasteiger partial charge in [-0.05, 0) is 54.7 Å². The monoisotopic (exact) mass is 402 g/mol. The molecular weight excluding hydrogens is 368 g/mol. The van der Waals surface area contributed by atoms with E-state index in [1.165, 1.54) is 17.6 Å². The van der Waals surface area contributed by atoms with Gasteiger partial charge in [0.15, 0.2) is 0 Å². The van der Waals surface area contributed by atoms with Crippen LogP contribution in [0, 0.1) is 11.8 Å². The first-order valence-electron chi connectivity index (χ1n) is 11.7. The summed E-state index contributed by atoms with van der Waals surface area (Å²) in [6.45, 7) is 4.40. The Bertz CT molecular complexity index is 899. The maximum absolute atomic E-state index is 13.8. The summed E-state index contributed by atoms with van der Waals surface area (Å²) in [5.41, 5.74) is 3.36. The first kappa shape index (κ1) is 21.1. The summed E-state index contributed by atoms with van der Waals surface area (Å²) < 4.78 is 0. The van der Waals surface area contributed by atoms with Crippen molar-refractivity contribution in [2.45, 2.75) is 70.3 Å². The van der Waals surface area contributed by atoms with Crippen LogP contribution in [-0.2, 0) is 10.4 Å². The highest BCUT2D eigenvalue weighted by Crippen LogP contribution is 2.57. The maximum atomic E-state index is 13.8. The molecule has 0 bridgehead atoms. The van der Waals surface area contributed by atoms with E-state index in [9.17, 15) is 9.90 Å². The third kappa shape index (κ3) is 3.56. The predicted octanol–water partition coefficient (Wildman–Crippen LogP) is 6.55. The van der Waals surface area contributed by atoms with Gasteiger partial charge in [0.25, 0.3) is 0 Å². The molecular formula is C28H34O2. The van der Waals surface area contributed by atoms with Crippen molar-refractivity contribution >= 4 is 5.78 Å². The normalized spacial score (nSPS) is 28.8. The summed E-state index contributed by atoms with van der Waals surface area (Å²) in [7, 11) is 0. The number of carbonyl (C=O) groups excluding carboxylic acids is 1. The van der Waals surface area contributed by atoms with Crippen molar-refractivity contribution in [3.8, 4) is 0 Å². The van der Waals surface area contributed by atoms with Gasteiger partial charge >= 0.3 is 0 Å². The van der Waals surface area contributed by atoms with Crippen molar-refractivity contribution in [2.24, 2.45) is 11.8 Å². The van der Waals surface area contributed by atoms with Gasteiger partial charge in [0.05, 0.1) is 5.92 Å². The van der Waals surface area contributed by atoms with Gasteiger partial charge in [-0.2, -0.15) is 0 Å². The van der Waals surface area contributed by atoms with E-state index in [1.807, 2.05) is 36.4 Å². The molecule has 2 aromatic rings. The molecule has 4 rings (SSSR count). The van der Waals surface area contributed by atoms with Crippen molar-refractivity contribution in [1.29, 1.82) is 0 Å². The van der Waals surface area contributed by atoms with Gasteiger partial charge in [0.2, 0.25) is 0 Å². The van der Waals surface area contributed by atoms with Gasteiger partial charge in [-0.25, -0.2) is 0 Å². The third-order valence-corrected chi connectivity index (χ3v) is 7.39. The number of allylic oxidation sites excluding steroid dienone is 1. The van der Waals surface area contributed by atoms with Crippen LogP contribution in [0.3, 0.4) is 0 Å². The lowest BCUT2D eigenvalue weighted by atomic mass is 9.54. The number of carbonyl (C=O) groups is 1. The smallest absolute Gasteiger partial charge is 0.140 e. The van der Waals surface area contributed by atoms with Crippen molar-refractivity contribution in [3.05, 3.63) is 82.9 Å². The minimum Gasteiger partial charge on any atom is -0.380 e. The van der Waals surface area contributed by atoms with Gasteiger partial charge in [-0.3, -0.25) is 4.79 Å². The zero-order chi connectivity index (χ0) is 21.1. The number of unbranched alkanes of at least 4 members (excludes halogenated alkanes) is 1. The van der Waals surface area contributed by atoms with E-state index in [1.54, 1.807) is 0 Å². The molecule has 0 saturated heterocycles. The van der Waals surface area contributed by atoms with Crippen LogP contribution < -0.4 is 0 Å². The fourth-order valence-corrected chi connectivity index (χ4v) is 5.96. The van der Waals surface area contributed by atoms with Gasteiger partial charge < -0.3 is 5.11 Å². The number of rotatable bonds is 6. The molecule has 4 atom stereocenters. The Kier molecular flexibility index (Phi) is 6.24. The average Bonchev–Trinajstić information content (AvgIpc) is 2.80. The summed E-state index contributed by atoms with van der Waals surface area (Å²) in [4.78, 5) is 13.8. The molecule has 0 aromatic heterocycles. The summed E-state index contributed by atoms with van der Waals surface area (Å²) >= 11 is 0. The molecule has 0 unspecified atom stereocenters. The molecule has 2 nitrogen and oxygen atoms in total. The van der Waals surface area contributed by atoms with Crippen molar-refractivity contribution in [1.82, 2.24) is 0 Å². The van der Waals surface area contributed by atoms with Gasteiger partial charge in [0.1, 0.15) is 11.4 Å². The second kappa shape index (κ2) is 8.89. The zero-order valence-electron chi connectivity index (χ0n) is 18.3. The minimum atomic E-state index is -1.21. The topological polar surface area (TPSA) is 37.3 Å². The fourth-order valence-electron chi connectivity index (χ4n) is 5.96. The molecule has 0 amide bonds. The van der Waals surface area contributed by atoms with Crippen LogP contribution >= 0.6 is 0 Å². The molecule has 30 heavy (non-hydrogen) atoms. The highest BCUT2D eigenvalue weighted by Gasteiger charge is 2.55. The second-order valence-corrected chi connectivity index (χ2v) is 9.12. The van der Waals surface area contributed by atoms with E-state index in [4.69, 9.17) is 0 Å². The van der Waals surface area contributed by atoms with E-state index >= 15 is 0 Å². The van der Waals surface area contributed by atoms with Crippen LogP contribution in [0.4, 0.5) is 0 Å². The van der Waals surface area contributed by atoms with Crippen LogP contribution in [0.5, 0.6) is 0 Å². The number of ketones is 1. The molecule has 0 aliphatic heterocycles. The first-order valence-corrected chi connectivity index (χ1v) is 11.7. The molecule has 1 N–H and O–H groups in total. The number of Topliss-reactive ketones (excluding diaryl/α,β-unsaturated/α-hetero) is 1. The molecule has 0 radical (unpaired) electrons. The van der Waals surface area contributed by atoms with Gasteiger partial charge in [-0.15, -0.1) is 0 Å². The van der Waals surface area contributed by atoms with E-state index < -0.39 is 11.5 Å². The molecule has 2 aliphatic rings. The van der Waals surface area contributed by atoms with Crippen LogP contribution in [0.2, 0.25) is 0 Å². The Balaban J connectivity index is 1.95. The molecule has 0 heterocycles. The average molecular weight is 403 g/mol.